The second kappa shape index (κ2) is 10.4. The van der Waals surface area contributed by atoms with E-state index in [4.69, 9.17) is 0 Å². The molecule has 0 saturated carbocycles. The van der Waals surface area contributed by atoms with Gasteiger partial charge in [0.2, 0.25) is 0 Å². The summed E-state index contributed by atoms with van der Waals surface area (Å²) < 4.78 is 2.69. The van der Waals surface area contributed by atoms with Gasteiger partial charge in [0.15, 0.2) is 0 Å². The van der Waals surface area contributed by atoms with Crippen LogP contribution >= 0.6 is 11.3 Å². The second-order valence-electron chi connectivity index (χ2n) is 12.5. The fourth-order valence-corrected chi connectivity index (χ4v) is 8.72. The first-order chi connectivity index (χ1) is 23.3. The predicted molar refractivity (Wildman–Crippen MR) is 206 cm³/mol. The number of fused-ring (bicyclic) bond motifs is 7. The summed E-state index contributed by atoms with van der Waals surface area (Å²) in [6.45, 7) is 0. The lowest BCUT2D eigenvalue weighted by molar-refractivity contribution is 1.66. The Bertz CT molecular complexity index is 2780. The first-order valence-corrected chi connectivity index (χ1v) is 17.0. The maximum Gasteiger partial charge on any atom is 0.0361 e. The molecule has 0 aliphatic carbocycles. The van der Waals surface area contributed by atoms with Crippen LogP contribution in [0.5, 0.6) is 0 Å². The quantitative estimate of drug-likeness (QED) is 0.174. The van der Waals surface area contributed by atoms with E-state index in [0.717, 1.165) is 0 Å². The van der Waals surface area contributed by atoms with E-state index in [9.17, 15) is 0 Å². The molecule has 0 nitrogen and oxygen atoms in total. The molecule has 1 aromatic heterocycles. The van der Waals surface area contributed by atoms with Crippen molar-refractivity contribution >= 4 is 74.6 Å². The normalized spacial score (nSPS) is 11.8. The minimum absolute atomic E-state index is 1.24. The third kappa shape index (κ3) is 4.21. The highest BCUT2D eigenvalue weighted by Crippen LogP contribution is 2.44. The Morgan fingerprint density at radius 2 is 0.723 bits per heavy atom. The second-order valence-corrected chi connectivity index (χ2v) is 13.6. The Hall–Kier alpha value is -5.76. The highest BCUT2D eigenvalue weighted by Gasteiger charge is 2.16. The number of benzene rings is 9. The number of rotatable bonds is 3. The van der Waals surface area contributed by atoms with Gasteiger partial charge in [0.25, 0.3) is 0 Å². The summed E-state index contributed by atoms with van der Waals surface area (Å²) in [6.07, 6.45) is 0. The first-order valence-electron chi connectivity index (χ1n) is 16.2. The van der Waals surface area contributed by atoms with Gasteiger partial charge in [0, 0.05) is 20.2 Å². The Morgan fingerprint density at radius 1 is 0.255 bits per heavy atom. The maximum atomic E-state index is 2.37. The van der Waals surface area contributed by atoms with Gasteiger partial charge >= 0.3 is 0 Å². The predicted octanol–water partition coefficient (Wildman–Crippen LogP) is 13.7. The highest BCUT2D eigenvalue weighted by molar-refractivity contribution is 7.25. The van der Waals surface area contributed by atoms with Crippen molar-refractivity contribution in [1.82, 2.24) is 0 Å². The van der Waals surface area contributed by atoms with E-state index in [1.807, 2.05) is 11.3 Å². The Kier molecular flexibility index (Phi) is 5.85. The molecule has 0 bridgehead atoms. The zero-order valence-corrected chi connectivity index (χ0v) is 26.4. The minimum Gasteiger partial charge on any atom is -0.135 e. The molecular formula is C46H28S. The monoisotopic (exact) mass is 612 g/mol. The fraction of sp³-hybridized carbons (Fsp3) is 0. The summed E-state index contributed by atoms with van der Waals surface area (Å²) in [5.41, 5.74) is 7.58. The van der Waals surface area contributed by atoms with Crippen molar-refractivity contribution in [2.75, 3.05) is 0 Å². The molecule has 218 valence electrons. The molecule has 0 radical (unpaired) electrons. The van der Waals surface area contributed by atoms with Crippen LogP contribution in [0.25, 0.3) is 96.6 Å². The average molecular weight is 613 g/mol. The number of hydrogen-bond donors (Lipinski definition) is 0. The third-order valence-electron chi connectivity index (χ3n) is 9.79. The molecule has 10 aromatic rings. The molecule has 0 aliphatic rings. The molecule has 0 aliphatic heterocycles. The van der Waals surface area contributed by atoms with Crippen LogP contribution in [0.3, 0.4) is 0 Å². The van der Waals surface area contributed by atoms with Crippen molar-refractivity contribution in [2.24, 2.45) is 0 Å². The molecule has 0 atom stereocenters. The van der Waals surface area contributed by atoms with E-state index >= 15 is 0 Å². The van der Waals surface area contributed by atoms with E-state index in [1.165, 1.54) is 96.6 Å². The molecule has 10 rings (SSSR count). The van der Waals surface area contributed by atoms with Crippen LogP contribution in [0.1, 0.15) is 0 Å². The zero-order valence-electron chi connectivity index (χ0n) is 25.6. The highest BCUT2D eigenvalue weighted by atomic mass is 32.1. The van der Waals surface area contributed by atoms with Crippen molar-refractivity contribution in [1.29, 1.82) is 0 Å². The van der Waals surface area contributed by atoms with E-state index < -0.39 is 0 Å². The molecule has 0 unspecified atom stereocenters. The largest absolute Gasteiger partial charge is 0.135 e. The molecule has 0 fully saturated rings. The van der Waals surface area contributed by atoms with E-state index in [0.29, 0.717) is 0 Å². The van der Waals surface area contributed by atoms with Gasteiger partial charge in [0.1, 0.15) is 0 Å². The lowest BCUT2D eigenvalue weighted by Crippen LogP contribution is -1.90. The van der Waals surface area contributed by atoms with Gasteiger partial charge in [-0.15, -0.1) is 11.3 Å². The Morgan fingerprint density at radius 3 is 1.36 bits per heavy atom. The summed E-state index contributed by atoms with van der Waals surface area (Å²) in [7, 11) is 0. The molecule has 1 heterocycles. The molecule has 47 heavy (non-hydrogen) atoms. The molecule has 9 aromatic carbocycles. The molecule has 1 heteroatoms. The van der Waals surface area contributed by atoms with Gasteiger partial charge in [-0.25, -0.2) is 0 Å². The van der Waals surface area contributed by atoms with Gasteiger partial charge in [-0.05, 0) is 113 Å². The molecule has 0 spiro atoms. The lowest BCUT2D eigenvalue weighted by Gasteiger charge is -2.18. The van der Waals surface area contributed by atoms with Crippen molar-refractivity contribution in [3.8, 4) is 33.4 Å². The molecular weight excluding hydrogens is 585 g/mol. The number of hydrogen-bond acceptors (Lipinski definition) is 1. The van der Waals surface area contributed by atoms with Crippen LogP contribution in [0.4, 0.5) is 0 Å². The summed E-state index contributed by atoms with van der Waals surface area (Å²) >= 11 is 1.88. The Labute approximate surface area is 276 Å². The standard InChI is InChI=1S/C46H28S/c1-2-10-29(11-3-1)45-38-13-4-6-15-40(38)46(41-16-7-5-14-39(41)45)35-23-22-31-24-30(18-19-32(31)25-35)33-20-21-34-27-42-37-12-8-9-17-43(37)47-44(42)28-36(34)26-33/h1-28H. The van der Waals surface area contributed by atoms with E-state index in [2.05, 4.69) is 170 Å². The van der Waals surface area contributed by atoms with E-state index in [1.54, 1.807) is 0 Å². The van der Waals surface area contributed by atoms with Crippen LogP contribution in [-0.2, 0) is 0 Å². The van der Waals surface area contributed by atoms with Crippen LogP contribution in [0.2, 0.25) is 0 Å². The SMILES string of the molecule is c1ccc(-c2c3ccccc3c(-c3ccc4cc(-c5ccc6cc7c(cc6c5)sc5ccccc57)ccc4c3)c3ccccc23)cc1. The van der Waals surface area contributed by atoms with Crippen molar-refractivity contribution in [3.05, 3.63) is 170 Å². The topological polar surface area (TPSA) is 0 Å². The summed E-state index contributed by atoms with van der Waals surface area (Å²) in [6, 6.07) is 62.8. The van der Waals surface area contributed by atoms with Gasteiger partial charge in [-0.1, -0.05) is 133 Å². The van der Waals surface area contributed by atoms with Crippen LogP contribution in [0.15, 0.2) is 170 Å². The summed E-state index contributed by atoms with van der Waals surface area (Å²) in [5.74, 6) is 0. The van der Waals surface area contributed by atoms with Gasteiger partial charge in [0.05, 0.1) is 0 Å². The third-order valence-corrected chi connectivity index (χ3v) is 10.9. The van der Waals surface area contributed by atoms with Crippen molar-refractivity contribution < 1.29 is 0 Å². The summed E-state index contributed by atoms with van der Waals surface area (Å²) in [4.78, 5) is 0. The summed E-state index contributed by atoms with van der Waals surface area (Å²) in [5, 5.41) is 12.9. The van der Waals surface area contributed by atoms with Crippen LogP contribution in [-0.4, -0.2) is 0 Å². The number of thiophene rings is 1. The van der Waals surface area contributed by atoms with Crippen LogP contribution < -0.4 is 0 Å². The van der Waals surface area contributed by atoms with Gasteiger partial charge in [-0.3, -0.25) is 0 Å². The zero-order chi connectivity index (χ0) is 30.9. The van der Waals surface area contributed by atoms with Crippen molar-refractivity contribution in [3.63, 3.8) is 0 Å². The molecule has 0 saturated heterocycles. The van der Waals surface area contributed by atoms with E-state index in [-0.39, 0.29) is 0 Å². The fourth-order valence-electron chi connectivity index (χ4n) is 7.58. The van der Waals surface area contributed by atoms with Gasteiger partial charge < -0.3 is 0 Å². The maximum absolute atomic E-state index is 2.37. The van der Waals surface area contributed by atoms with Crippen molar-refractivity contribution in [2.45, 2.75) is 0 Å². The molecule has 0 N–H and O–H groups in total. The smallest absolute Gasteiger partial charge is 0.0361 e. The Balaban J connectivity index is 1.10. The van der Waals surface area contributed by atoms with Gasteiger partial charge in [-0.2, -0.15) is 0 Å². The minimum atomic E-state index is 1.24. The van der Waals surface area contributed by atoms with Crippen LogP contribution in [0, 0.1) is 0 Å². The average Bonchev–Trinajstić information content (AvgIpc) is 3.49. The molecule has 0 amide bonds. The lowest BCUT2D eigenvalue weighted by atomic mass is 9.85. The first kappa shape index (κ1) is 26.5.